The molecule has 5 aromatic carbocycles. The molecule has 3 radical (unpaired) electrons. The molecule has 8 heteroatoms. The SMILES string of the molecule is CC(C)(C)c1ccc(-c2nc(-c3ccc(C(C)(C)C)cc3)nc(-c3cc(-c4ccc5ccc6cccnc6c5n4)cc(-c4ccc5ccc6cccnc6c5n4)c3)n2)cc1.[B]. The van der Waals surface area contributed by atoms with Gasteiger partial charge in [0.2, 0.25) is 0 Å². The maximum atomic E-state index is 5.27. The van der Waals surface area contributed by atoms with E-state index in [0.717, 1.165) is 82.8 Å². The predicted octanol–water partition coefficient (Wildman–Crippen LogP) is 12.6. The van der Waals surface area contributed by atoms with Crippen LogP contribution in [0.4, 0.5) is 0 Å². The molecule has 0 aliphatic heterocycles. The van der Waals surface area contributed by atoms with Crippen LogP contribution >= 0.6 is 0 Å². The molecule has 0 saturated heterocycles. The van der Waals surface area contributed by atoms with E-state index in [1.807, 2.05) is 24.5 Å². The van der Waals surface area contributed by atoms with Crippen LogP contribution in [0.25, 0.3) is 100 Å². The lowest BCUT2D eigenvalue weighted by Gasteiger charge is -2.19. The van der Waals surface area contributed by atoms with Crippen LogP contribution in [-0.2, 0) is 10.8 Å². The number of pyridine rings is 4. The van der Waals surface area contributed by atoms with Crippen LogP contribution in [0.3, 0.4) is 0 Å². The van der Waals surface area contributed by atoms with Crippen LogP contribution < -0.4 is 0 Å². The van der Waals surface area contributed by atoms with Gasteiger partial charge in [0.05, 0.1) is 33.5 Å². The molecule has 0 N–H and O–H groups in total. The van der Waals surface area contributed by atoms with Crippen molar-refractivity contribution in [3.8, 4) is 56.7 Å². The second kappa shape index (κ2) is 15.1. The monoisotopic (exact) mass is 788 g/mol. The minimum Gasteiger partial charge on any atom is -0.254 e. The van der Waals surface area contributed by atoms with Gasteiger partial charge in [-0.25, -0.2) is 24.9 Å². The lowest BCUT2D eigenvalue weighted by Crippen LogP contribution is -2.10. The molecule has 0 aliphatic carbocycles. The molecule has 5 aromatic heterocycles. The number of hydrogen-bond donors (Lipinski definition) is 0. The standard InChI is InChI=1S/C53H43N7.B/c1-52(2,3)41-21-15-36(16-22-41)49-58-50(37-17-23-42(24-18-37)53(4,5)6)60-51(59-49)40-30-38(43-25-19-34-13-11-32-9-7-27-54-45(32)47(34)56-43)29-39(31-40)44-26-20-35-14-12-33-10-8-28-55-46(33)48(35)57-44;/h7-31H,1-6H3;. The van der Waals surface area contributed by atoms with Gasteiger partial charge in [-0.1, -0.05) is 139 Å². The summed E-state index contributed by atoms with van der Waals surface area (Å²) in [5.74, 6) is 1.76. The van der Waals surface area contributed by atoms with Crippen molar-refractivity contribution in [2.45, 2.75) is 52.4 Å². The summed E-state index contributed by atoms with van der Waals surface area (Å²) in [6.07, 6.45) is 3.64. The van der Waals surface area contributed by atoms with Gasteiger partial charge < -0.3 is 0 Å². The van der Waals surface area contributed by atoms with Gasteiger partial charge in [0.25, 0.3) is 0 Å². The zero-order chi connectivity index (χ0) is 41.2. The highest BCUT2D eigenvalue weighted by atomic mass is 15.0. The van der Waals surface area contributed by atoms with Gasteiger partial charge in [-0.3, -0.25) is 9.97 Å². The molecule has 0 fully saturated rings. The van der Waals surface area contributed by atoms with Crippen molar-refractivity contribution in [2.24, 2.45) is 0 Å². The summed E-state index contributed by atoms with van der Waals surface area (Å²) in [6, 6.07) is 48.4. The van der Waals surface area contributed by atoms with Gasteiger partial charge in [-0.15, -0.1) is 0 Å². The van der Waals surface area contributed by atoms with E-state index in [1.54, 1.807) is 0 Å². The van der Waals surface area contributed by atoms with E-state index in [0.29, 0.717) is 17.5 Å². The quantitative estimate of drug-likeness (QED) is 0.127. The Balaban J connectivity index is 0.00000476. The number of rotatable bonds is 5. The Hall–Kier alpha value is -7.19. The molecule has 10 rings (SSSR count). The third-order valence-corrected chi connectivity index (χ3v) is 11.3. The second-order valence-electron chi connectivity index (χ2n) is 17.6. The largest absolute Gasteiger partial charge is 0.254 e. The number of nitrogens with zero attached hydrogens (tertiary/aromatic N) is 7. The normalized spacial score (nSPS) is 12.0. The van der Waals surface area contributed by atoms with Crippen LogP contribution in [0.5, 0.6) is 0 Å². The first-order valence-electron chi connectivity index (χ1n) is 20.4. The molecule has 0 amide bonds. The van der Waals surface area contributed by atoms with Crippen LogP contribution in [0.2, 0.25) is 0 Å². The second-order valence-corrected chi connectivity index (χ2v) is 17.6. The smallest absolute Gasteiger partial charge is 0.164 e. The highest BCUT2D eigenvalue weighted by Crippen LogP contribution is 2.36. The number of benzene rings is 5. The first-order chi connectivity index (χ1) is 28.9. The van der Waals surface area contributed by atoms with E-state index < -0.39 is 0 Å². The molecule has 61 heavy (non-hydrogen) atoms. The molecule has 0 saturated carbocycles. The minimum atomic E-state index is 0. The van der Waals surface area contributed by atoms with Crippen molar-refractivity contribution < 1.29 is 0 Å². The lowest BCUT2D eigenvalue weighted by atomic mass is 9.86. The number of fused-ring (bicyclic) bond motifs is 6. The molecule has 293 valence electrons. The van der Waals surface area contributed by atoms with E-state index >= 15 is 0 Å². The third kappa shape index (κ3) is 7.50. The fourth-order valence-corrected chi connectivity index (χ4v) is 7.82. The van der Waals surface area contributed by atoms with Gasteiger partial charge in [-0.05, 0) is 64.4 Å². The fraction of sp³-hybridized carbons (Fsp3) is 0.151. The Kier molecular flexibility index (Phi) is 9.74. The summed E-state index contributed by atoms with van der Waals surface area (Å²) in [5.41, 5.74) is 12.0. The molecule has 5 heterocycles. The molecule has 0 unspecified atom stereocenters. The summed E-state index contributed by atoms with van der Waals surface area (Å²) >= 11 is 0. The molecule has 0 aliphatic rings. The lowest BCUT2D eigenvalue weighted by molar-refractivity contribution is 0.590. The maximum Gasteiger partial charge on any atom is 0.164 e. The first kappa shape index (κ1) is 39.3. The minimum absolute atomic E-state index is 0. The molecular weight excluding hydrogens is 745 g/mol. The molecule has 10 aromatic rings. The molecule has 0 bridgehead atoms. The fourth-order valence-electron chi connectivity index (χ4n) is 7.82. The van der Waals surface area contributed by atoms with E-state index in [-0.39, 0.29) is 19.2 Å². The van der Waals surface area contributed by atoms with E-state index in [9.17, 15) is 0 Å². The summed E-state index contributed by atoms with van der Waals surface area (Å²) in [4.78, 5) is 35.6. The van der Waals surface area contributed by atoms with Crippen molar-refractivity contribution in [3.63, 3.8) is 0 Å². The zero-order valence-corrected chi connectivity index (χ0v) is 35.1. The Morgan fingerprint density at radius 2 is 0.672 bits per heavy atom. The van der Waals surface area contributed by atoms with Crippen molar-refractivity contribution >= 4 is 52.0 Å². The Morgan fingerprint density at radius 3 is 1.07 bits per heavy atom. The van der Waals surface area contributed by atoms with Gasteiger partial charge >= 0.3 is 0 Å². The van der Waals surface area contributed by atoms with E-state index in [4.69, 9.17) is 34.9 Å². The van der Waals surface area contributed by atoms with Crippen LogP contribution in [0.15, 0.2) is 152 Å². The molecule has 7 nitrogen and oxygen atoms in total. The van der Waals surface area contributed by atoms with Gasteiger partial charge in [0, 0.05) is 70.2 Å². The number of hydrogen-bond acceptors (Lipinski definition) is 7. The third-order valence-electron chi connectivity index (χ3n) is 11.3. The average Bonchev–Trinajstić information content (AvgIpc) is 3.27. The van der Waals surface area contributed by atoms with Gasteiger partial charge in [-0.2, -0.15) is 0 Å². The maximum absolute atomic E-state index is 5.27. The molecule has 0 atom stereocenters. The molecular formula is C53H43BN7. The summed E-state index contributed by atoms with van der Waals surface area (Å²) < 4.78 is 0. The van der Waals surface area contributed by atoms with Crippen LogP contribution in [-0.4, -0.2) is 43.3 Å². The Labute approximate surface area is 357 Å². The van der Waals surface area contributed by atoms with E-state index in [2.05, 4.69) is 169 Å². The molecule has 0 spiro atoms. The van der Waals surface area contributed by atoms with Crippen molar-refractivity contribution in [1.29, 1.82) is 0 Å². The van der Waals surface area contributed by atoms with Crippen LogP contribution in [0, 0.1) is 0 Å². The van der Waals surface area contributed by atoms with Gasteiger partial charge in [0.15, 0.2) is 17.5 Å². The summed E-state index contributed by atoms with van der Waals surface area (Å²) in [6.45, 7) is 13.3. The van der Waals surface area contributed by atoms with E-state index in [1.165, 1.54) is 11.1 Å². The van der Waals surface area contributed by atoms with Crippen molar-refractivity contribution in [1.82, 2.24) is 34.9 Å². The Bertz CT molecular complexity index is 3060. The highest BCUT2D eigenvalue weighted by Gasteiger charge is 2.19. The summed E-state index contributed by atoms with van der Waals surface area (Å²) in [7, 11) is 0. The highest BCUT2D eigenvalue weighted by molar-refractivity contribution is 6.04. The topological polar surface area (TPSA) is 90.2 Å². The zero-order valence-electron chi connectivity index (χ0n) is 35.1. The first-order valence-corrected chi connectivity index (χ1v) is 20.4. The Morgan fingerprint density at radius 1 is 0.328 bits per heavy atom. The van der Waals surface area contributed by atoms with Crippen molar-refractivity contribution in [3.05, 3.63) is 163 Å². The van der Waals surface area contributed by atoms with Crippen LogP contribution in [0.1, 0.15) is 52.7 Å². The number of aromatic nitrogens is 7. The van der Waals surface area contributed by atoms with Gasteiger partial charge in [0.1, 0.15) is 0 Å². The van der Waals surface area contributed by atoms with Crippen molar-refractivity contribution in [2.75, 3.05) is 0 Å². The predicted molar refractivity (Wildman–Crippen MR) is 251 cm³/mol. The average molecular weight is 789 g/mol. The summed E-state index contributed by atoms with van der Waals surface area (Å²) in [5, 5.41) is 4.14.